The summed E-state index contributed by atoms with van der Waals surface area (Å²) >= 11 is 12.2. The molecule has 0 aliphatic rings. The zero-order valence-corrected chi connectivity index (χ0v) is 14.2. The molecule has 0 amide bonds. The van der Waals surface area contributed by atoms with Crippen LogP contribution in [0.4, 0.5) is 11.6 Å². The summed E-state index contributed by atoms with van der Waals surface area (Å²) in [5, 5.41) is 3.55. The second-order valence-electron chi connectivity index (χ2n) is 5.31. The quantitative estimate of drug-likeness (QED) is 0.591. The van der Waals surface area contributed by atoms with E-state index in [-0.39, 0.29) is 6.10 Å². The molecule has 0 atom stereocenters. The van der Waals surface area contributed by atoms with E-state index >= 15 is 0 Å². The van der Waals surface area contributed by atoms with Crippen LogP contribution in [-0.2, 0) is 4.84 Å². The minimum Gasteiger partial charge on any atom is -0.263 e. The first kappa shape index (κ1) is 16.0. The number of halogens is 2. The predicted molar refractivity (Wildman–Crippen MR) is 94.4 cm³/mol. The molecule has 118 valence electrons. The Balaban J connectivity index is 2.09. The molecule has 0 saturated heterocycles. The van der Waals surface area contributed by atoms with E-state index in [1.54, 1.807) is 29.5 Å². The van der Waals surface area contributed by atoms with Gasteiger partial charge < -0.3 is 0 Å². The number of anilines is 2. The van der Waals surface area contributed by atoms with Gasteiger partial charge in [-0.05, 0) is 38.1 Å². The Bertz CT molecular complexity index is 819. The van der Waals surface area contributed by atoms with Crippen molar-refractivity contribution in [1.82, 2.24) is 9.97 Å². The zero-order valence-electron chi connectivity index (χ0n) is 12.7. The number of nitrogens with zero attached hydrogens (tertiary/aromatic N) is 3. The lowest BCUT2D eigenvalue weighted by molar-refractivity contribution is 0.0766. The maximum Gasteiger partial charge on any atom is 0.255 e. The van der Waals surface area contributed by atoms with Gasteiger partial charge in [0.1, 0.15) is 0 Å². The number of hydrogen-bond donors (Lipinski definition) is 0. The molecule has 4 nitrogen and oxygen atoms in total. The van der Waals surface area contributed by atoms with Crippen LogP contribution < -0.4 is 5.06 Å². The van der Waals surface area contributed by atoms with Crippen molar-refractivity contribution in [3.05, 3.63) is 58.7 Å². The smallest absolute Gasteiger partial charge is 0.255 e. The van der Waals surface area contributed by atoms with Crippen molar-refractivity contribution in [2.24, 2.45) is 0 Å². The van der Waals surface area contributed by atoms with Gasteiger partial charge in [0, 0.05) is 21.6 Å². The molecule has 0 fully saturated rings. The van der Waals surface area contributed by atoms with E-state index in [1.807, 2.05) is 38.1 Å². The van der Waals surface area contributed by atoms with Crippen LogP contribution >= 0.6 is 23.2 Å². The van der Waals surface area contributed by atoms with Gasteiger partial charge in [-0.25, -0.2) is 9.97 Å². The molecule has 0 N–H and O–H groups in total. The lowest BCUT2D eigenvalue weighted by Gasteiger charge is -2.24. The average molecular weight is 348 g/mol. The fraction of sp³-hybridized carbons (Fsp3) is 0.176. The van der Waals surface area contributed by atoms with Gasteiger partial charge in [0.05, 0.1) is 17.3 Å². The number of benzene rings is 2. The summed E-state index contributed by atoms with van der Waals surface area (Å²) < 4.78 is 0. The molecule has 3 aromatic rings. The van der Waals surface area contributed by atoms with E-state index in [4.69, 9.17) is 28.0 Å². The Morgan fingerprint density at radius 1 is 1.04 bits per heavy atom. The second-order valence-corrected chi connectivity index (χ2v) is 6.18. The number of rotatable bonds is 4. The van der Waals surface area contributed by atoms with Crippen molar-refractivity contribution < 1.29 is 4.84 Å². The topological polar surface area (TPSA) is 38.2 Å². The molecule has 1 aromatic heterocycles. The molecule has 0 saturated carbocycles. The first-order chi connectivity index (χ1) is 11.0. The van der Waals surface area contributed by atoms with Crippen LogP contribution in [0.25, 0.3) is 10.9 Å². The normalized spacial score (nSPS) is 11.2. The Kier molecular flexibility index (Phi) is 4.66. The fourth-order valence-electron chi connectivity index (χ4n) is 2.15. The largest absolute Gasteiger partial charge is 0.263 e. The lowest BCUT2D eigenvalue weighted by Crippen LogP contribution is -2.24. The van der Waals surface area contributed by atoms with Crippen LogP contribution in [-0.4, -0.2) is 16.1 Å². The summed E-state index contributed by atoms with van der Waals surface area (Å²) in [6.45, 7) is 3.86. The molecule has 0 aliphatic carbocycles. The molecule has 1 heterocycles. The summed E-state index contributed by atoms with van der Waals surface area (Å²) in [6.07, 6.45) is 1.70. The van der Waals surface area contributed by atoms with Gasteiger partial charge in [0.15, 0.2) is 0 Å². The Hall–Kier alpha value is -1.88. The first-order valence-electron chi connectivity index (χ1n) is 7.18. The molecule has 2 aromatic carbocycles. The molecular formula is C17H15Cl2N3O. The van der Waals surface area contributed by atoms with E-state index in [0.717, 1.165) is 10.9 Å². The highest BCUT2D eigenvalue weighted by Crippen LogP contribution is 2.30. The summed E-state index contributed by atoms with van der Waals surface area (Å²) in [7, 11) is 0. The van der Waals surface area contributed by atoms with Crippen molar-refractivity contribution in [2.75, 3.05) is 5.06 Å². The van der Waals surface area contributed by atoms with Crippen LogP contribution in [0.5, 0.6) is 0 Å². The third-order valence-electron chi connectivity index (χ3n) is 3.06. The Morgan fingerprint density at radius 2 is 1.74 bits per heavy atom. The number of aromatic nitrogens is 2. The molecule has 0 unspecified atom stereocenters. The van der Waals surface area contributed by atoms with Gasteiger partial charge in [0.25, 0.3) is 5.95 Å². The summed E-state index contributed by atoms with van der Waals surface area (Å²) in [5.74, 6) is 0.427. The maximum atomic E-state index is 6.11. The minimum absolute atomic E-state index is 0.0668. The van der Waals surface area contributed by atoms with Crippen LogP contribution in [0.15, 0.2) is 48.7 Å². The van der Waals surface area contributed by atoms with Crippen molar-refractivity contribution in [2.45, 2.75) is 20.0 Å². The van der Waals surface area contributed by atoms with Gasteiger partial charge in [0.2, 0.25) is 0 Å². The third kappa shape index (κ3) is 3.72. The molecule has 0 spiro atoms. The van der Waals surface area contributed by atoms with Crippen LogP contribution in [0.3, 0.4) is 0 Å². The van der Waals surface area contributed by atoms with E-state index in [2.05, 4.69) is 9.97 Å². The highest BCUT2D eigenvalue weighted by Gasteiger charge is 2.17. The third-order valence-corrected chi connectivity index (χ3v) is 3.49. The molecule has 6 heteroatoms. The number of para-hydroxylation sites is 1. The molecule has 0 bridgehead atoms. The van der Waals surface area contributed by atoms with E-state index in [9.17, 15) is 0 Å². The fourth-order valence-corrected chi connectivity index (χ4v) is 2.67. The Labute approximate surface area is 144 Å². The van der Waals surface area contributed by atoms with Gasteiger partial charge in [-0.3, -0.25) is 4.84 Å². The molecule has 0 radical (unpaired) electrons. The summed E-state index contributed by atoms with van der Waals surface area (Å²) in [6, 6.07) is 13.0. The molecule has 3 rings (SSSR count). The zero-order chi connectivity index (χ0) is 16.4. The standard InChI is InChI=1S/C17H15Cl2N3O/c1-11(2)23-22(15-8-13(18)7-14(19)9-15)17-20-10-12-5-3-4-6-16(12)21-17/h3-11H,1-2H3. The SMILES string of the molecule is CC(C)ON(c1cc(Cl)cc(Cl)c1)c1ncc2ccccc2n1. The summed E-state index contributed by atoms with van der Waals surface area (Å²) in [4.78, 5) is 14.8. The summed E-state index contributed by atoms with van der Waals surface area (Å²) in [5.41, 5.74) is 1.51. The Morgan fingerprint density at radius 3 is 2.43 bits per heavy atom. The van der Waals surface area contributed by atoms with E-state index in [1.165, 1.54) is 0 Å². The van der Waals surface area contributed by atoms with Gasteiger partial charge in [-0.1, -0.05) is 41.4 Å². The highest BCUT2D eigenvalue weighted by molar-refractivity contribution is 6.35. The van der Waals surface area contributed by atoms with Crippen molar-refractivity contribution in [1.29, 1.82) is 0 Å². The van der Waals surface area contributed by atoms with Crippen molar-refractivity contribution >= 4 is 45.7 Å². The predicted octanol–water partition coefficient (Wildman–Crippen LogP) is 5.41. The highest BCUT2D eigenvalue weighted by atomic mass is 35.5. The maximum absolute atomic E-state index is 6.11. The monoisotopic (exact) mass is 347 g/mol. The van der Waals surface area contributed by atoms with Crippen molar-refractivity contribution in [3.8, 4) is 0 Å². The lowest BCUT2D eigenvalue weighted by atomic mass is 10.2. The number of fused-ring (bicyclic) bond motifs is 1. The minimum atomic E-state index is -0.0668. The average Bonchev–Trinajstić information content (AvgIpc) is 2.51. The molecule has 0 aliphatic heterocycles. The van der Waals surface area contributed by atoms with Crippen LogP contribution in [0.2, 0.25) is 10.0 Å². The van der Waals surface area contributed by atoms with Gasteiger partial charge >= 0.3 is 0 Å². The van der Waals surface area contributed by atoms with Crippen LogP contribution in [0.1, 0.15) is 13.8 Å². The molecule has 23 heavy (non-hydrogen) atoms. The molecular weight excluding hydrogens is 333 g/mol. The van der Waals surface area contributed by atoms with Gasteiger partial charge in [-0.15, -0.1) is 0 Å². The number of hydrogen-bond acceptors (Lipinski definition) is 4. The van der Waals surface area contributed by atoms with E-state index in [0.29, 0.717) is 21.7 Å². The van der Waals surface area contributed by atoms with Crippen LogP contribution in [0, 0.1) is 0 Å². The van der Waals surface area contributed by atoms with Crippen molar-refractivity contribution in [3.63, 3.8) is 0 Å². The first-order valence-corrected chi connectivity index (χ1v) is 7.93. The van der Waals surface area contributed by atoms with E-state index < -0.39 is 0 Å². The van der Waals surface area contributed by atoms with Gasteiger partial charge in [-0.2, -0.15) is 5.06 Å². The second kappa shape index (κ2) is 6.71.